The predicted octanol–water partition coefficient (Wildman–Crippen LogP) is -0.0999. The van der Waals surface area contributed by atoms with E-state index in [2.05, 4.69) is 10.7 Å². The topological polar surface area (TPSA) is 52.3 Å². The summed E-state index contributed by atoms with van der Waals surface area (Å²) in [5.74, 6) is 2.05. The molecule has 0 aromatic carbocycles. The summed E-state index contributed by atoms with van der Waals surface area (Å²) in [6, 6.07) is -0.266. The maximum atomic E-state index is 10.5. The molecule has 0 fully saturated rings. The molecular weight excluding hydrogens is 130 g/mol. The quantitative estimate of drug-likeness (QED) is 0.441. The van der Waals surface area contributed by atoms with Crippen molar-refractivity contribution in [2.75, 3.05) is 7.11 Å². The Morgan fingerprint density at radius 3 is 2.90 bits per heavy atom. The van der Waals surface area contributed by atoms with E-state index in [0.717, 1.165) is 0 Å². The summed E-state index contributed by atoms with van der Waals surface area (Å²) in [5.41, 5.74) is 5.42. The number of rotatable bonds is 3. The second-order valence-corrected chi connectivity index (χ2v) is 1.95. The van der Waals surface area contributed by atoms with E-state index < -0.39 is 0 Å². The Morgan fingerprint density at radius 2 is 2.50 bits per heavy atom. The van der Waals surface area contributed by atoms with E-state index in [9.17, 15) is 4.79 Å². The molecule has 0 aliphatic heterocycles. The number of nitrogens with two attached hydrogens (primary N) is 1. The normalized spacial score (nSPS) is 11.7. The highest BCUT2D eigenvalue weighted by Crippen LogP contribution is 1.94. The zero-order chi connectivity index (χ0) is 7.98. The van der Waals surface area contributed by atoms with Crippen LogP contribution in [0, 0.1) is 12.3 Å². The van der Waals surface area contributed by atoms with E-state index in [1.54, 1.807) is 0 Å². The zero-order valence-electron chi connectivity index (χ0n) is 5.96. The highest BCUT2D eigenvalue weighted by Gasteiger charge is 2.06. The fraction of sp³-hybridized carbons (Fsp3) is 0.571. The molecule has 0 unspecified atom stereocenters. The molecule has 0 amide bonds. The highest BCUT2D eigenvalue weighted by atomic mass is 16.5. The van der Waals surface area contributed by atoms with Crippen molar-refractivity contribution in [3.05, 3.63) is 0 Å². The number of ether oxygens (including phenoxy) is 1. The van der Waals surface area contributed by atoms with Crippen LogP contribution in [0.2, 0.25) is 0 Å². The van der Waals surface area contributed by atoms with E-state index in [4.69, 9.17) is 12.2 Å². The lowest BCUT2D eigenvalue weighted by molar-refractivity contribution is -0.140. The van der Waals surface area contributed by atoms with Gasteiger partial charge in [0.05, 0.1) is 13.5 Å². The molecule has 2 N–H and O–H groups in total. The van der Waals surface area contributed by atoms with Gasteiger partial charge in [0.1, 0.15) is 0 Å². The molecule has 3 nitrogen and oxygen atoms in total. The van der Waals surface area contributed by atoms with Gasteiger partial charge >= 0.3 is 5.97 Å². The van der Waals surface area contributed by atoms with Crippen molar-refractivity contribution in [2.45, 2.75) is 18.9 Å². The third kappa shape index (κ3) is 3.93. The van der Waals surface area contributed by atoms with Crippen molar-refractivity contribution >= 4 is 5.97 Å². The van der Waals surface area contributed by atoms with Gasteiger partial charge in [-0.15, -0.1) is 12.3 Å². The second-order valence-electron chi connectivity index (χ2n) is 1.95. The fourth-order valence-corrected chi connectivity index (χ4v) is 0.521. The molecular formula is C7H11NO2. The lowest BCUT2D eigenvalue weighted by Crippen LogP contribution is -2.23. The van der Waals surface area contributed by atoms with Gasteiger partial charge in [0.2, 0.25) is 0 Å². The Balaban J connectivity index is 3.49. The fourth-order valence-electron chi connectivity index (χ4n) is 0.521. The molecule has 0 aliphatic carbocycles. The zero-order valence-corrected chi connectivity index (χ0v) is 5.96. The van der Waals surface area contributed by atoms with Gasteiger partial charge in [-0.2, -0.15) is 0 Å². The van der Waals surface area contributed by atoms with Gasteiger partial charge in [0.25, 0.3) is 0 Å². The van der Waals surface area contributed by atoms with Crippen molar-refractivity contribution in [1.82, 2.24) is 0 Å². The second kappa shape index (κ2) is 4.83. The molecule has 1 atom stereocenters. The molecule has 0 radical (unpaired) electrons. The minimum Gasteiger partial charge on any atom is -0.469 e. The number of esters is 1. The number of carbonyl (C=O) groups is 1. The van der Waals surface area contributed by atoms with Crippen LogP contribution in [-0.4, -0.2) is 19.1 Å². The first kappa shape index (κ1) is 8.99. The van der Waals surface area contributed by atoms with Crippen LogP contribution in [0.1, 0.15) is 12.8 Å². The number of carbonyl (C=O) groups excluding carboxylic acids is 1. The summed E-state index contributed by atoms with van der Waals surface area (Å²) in [6.45, 7) is 0. The van der Waals surface area contributed by atoms with Crippen molar-refractivity contribution < 1.29 is 9.53 Å². The molecule has 0 aromatic rings. The molecule has 0 rings (SSSR count). The first-order valence-corrected chi connectivity index (χ1v) is 2.96. The average molecular weight is 141 g/mol. The third-order valence-electron chi connectivity index (χ3n) is 1.04. The maximum Gasteiger partial charge on any atom is 0.307 e. The summed E-state index contributed by atoms with van der Waals surface area (Å²) in [4.78, 5) is 10.5. The van der Waals surface area contributed by atoms with Gasteiger partial charge in [-0.3, -0.25) is 4.79 Å². The largest absolute Gasteiger partial charge is 0.469 e. The van der Waals surface area contributed by atoms with Gasteiger partial charge < -0.3 is 10.5 Å². The molecule has 10 heavy (non-hydrogen) atoms. The molecule has 0 aliphatic rings. The lowest BCUT2D eigenvalue weighted by atomic mass is 10.2. The van der Waals surface area contributed by atoms with Crippen LogP contribution < -0.4 is 5.73 Å². The Hall–Kier alpha value is -1.01. The van der Waals surface area contributed by atoms with Crippen LogP contribution in [0.5, 0.6) is 0 Å². The van der Waals surface area contributed by atoms with Crippen LogP contribution in [0.4, 0.5) is 0 Å². The van der Waals surface area contributed by atoms with Gasteiger partial charge in [0, 0.05) is 12.5 Å². The van der Waals surface area contributed by atoms with Crippen LogP contribution in [0.15, 0.2) is 0 Å². The molecule has 0 saturated carbocycles. The molecule has 0 heterocycles. The summed E-state index contributed by atoms with van der Waals surface area (Å²) in [7, 11) is 1.32. The van der Waals surface area contributed by atoms with Crippen LogP contribution in [0.25, 0.3) is 0 Å². The summed E-state index contributed by atoms with van der Waals surface area (Å²) < 4.78 is 4.38. The van der Waals surface area contributed by atoms with Crippen molar-refractivity contribution in [3.63, 3.8) is 0 Å². The first-order chi connectivity index (χ1) is 4.70. The van der Waals surface area contributed by atoms with Crippen molar-refractivity contribution in [3.8, 4) is 12.3 Å². The maximum absolute atomic E-state index is 10.5. The lowest BCUT2D eigenvalue weighted by Gasteiger charge is -2.04. The van der Waals surface area contributed by atoms with Crippen LogP contribution in [-0.2, 0) is 9.53 Å². The van der Waals surface area contributed by atoms with Gasteiger partial charge in [-0.05, 0) is 0 Å². The third-order valence-corrected chi connectivity index (χ3v) is 1.04. The summed E-state index contributed by atoms with van der Waals surface area (Å²) >= 11 is 0. The SMILES string of the molecule is C#CC[C@@H](N)CC(=O)OC. The smallest absolute Gasteiger partial charge is 0.307 e. The first-order valence-electron chi connectivity index (χ1n) is 2.96. The van der Waals surface area contributed by atoms with Crippen LogP contribution >= 0.6 is 0 Å². The molecule has 0 saturated heterocycles. The number of hydrogen-bond donors (Lipinski definition) is 1. The monoisotopic (exact) mass is 141 g/mol. The molecule has 3 heteroatoms. The molecule has 56 valence electrons. The van der Waals surface area contributed by atoms with E-state index in [-0.39, 0.29) is 18.4 Å². The minimum atomic E-state index is -0.317. The van der Waals surface area contributed by atoms with Gasteiger partial charge in [-0.1, -0.05) is 0 Å². The molecule has 0 aromatic heterocycles. The number of methoxy groups -OCH3 is 1. The summed E-state index contributed by atoms with van der Waals surface area (Å²) in [5, 5.41) is 0. The minimum absolute atomic E-state index is 0.195. The van der Waals surface area contributed by atoms with E-state index >= 15 is 0 Å². The Bertz CT molecular complexity index is 148. The average Bonchev–Trinajstić information content (AvgIpc) is 1.88. The Labute approximate surface area is 60.5 Å². The Morgan fingerprint density at radius 1 is 1.90 bits per heavy atom. The number of hydrogen-bond acceptors (Lipinski definition) is 3. The van der Waals surface area contributed by atoms with Gasteiger partial charge in [-0.25, -0.2) is 0 Å². The number of terminal acetylenes is 1. The van der Waals surface area contributed by atoms with Crippen LogP contribution in [0.3, 0.4) is 0 Å². The van der Waals surface area contributed by atoms with Crippen molar-refractivity contribution in [1.29, 1.82) is 0 Å². The van der Waals surface area contributed by atoms with E-state index in [1.807, 2.05) is 0 Å². The van der Waals surface area contributed by atoms with E-state index in [1.165, 1.54) is 7.11 Å². The summed E-state index contributed by atoms with van der Waals surface area (Å²) in [6.07, 6.45) is 5.57. The predicted molar refractivity (Wildman–Crippen MR) is 38.1 cm³/mol. The van der Waals surface area contributed by atoms with Crippen molar-refractivity contribution in [2.24, 2.45) is 5.73 Å². The molecule has 0 spiro atoms. The highest BCUT2D eigenvalue weighted by molar-refractivity contribution is 5.69. The Kier molecular flexibility index (Phi) is 4.34. The standard InChI is InChI=1S/C7H11NO2/c1-3-4-6(8)5-7(9)10-2/h1,6H,4-5,8H2,2H3/t6-/m1/s1. The van der Waals surface area contributed by atoms with E-state index in [0.29, 0.717) is 6.42 Å². The molecule has 0 bridgehead atoms. The van der Waals surface area contributed by atoms with Gasteiger partial charge in [0.15, 0.2) is 0 Å².